The van der Waals surface area contributed by atoms with Gasteiger partial charge in [0.1, 0.15) is 12.0 Å². The number of allylic oxidation sites excluding steroid dienone is 4. The standard InChI is InChI=1S/C19H19ClN2O2S/c1-19(2)9-14-17(15(23)10-19)25-18(21-14)22-7-8-24-16(11-22)12-5-3-4-6-13(12)20/h4,6-8,11H,3,5,9-10H2,1-2H3. The summed E-state index contributed by atoms with van der Waals surface area (Å²) in [5.74, 6) is 0.927. The maximum absolute atomic E-state index is 12.4. The molecule has 0 spiro atoms. The molecule has 6 heteroatoms. The Kier molecular flexibility index (Phi) is 4.08. The quantitative estimate of drug-likeness (QED) is 0.705. The number of fused-ring (bicyclic) bond motifs is 1. The van der Waals surface area contributed by atoms with E-state index in [9.17, 15) is 4.79 Å². The summed E-state index contributed by atoms with van der Waals surface area (Å²) >= 11 is 7.77. The molecule has 2 heterocycles. The fraction of sp³-hybridized carbons (Fsp3) is 0.368. The van der Waals surface area contributed by atoms with Crippen molar-refractivity contribution in [2.24, 2.45) is 5.41 Å². The third-order valence-corrected chi connectivity index (χ3v) is 6.04. The van der Waals surface area contributed by atoms with Crippen molar-refractivity contribution in [2.75, 3.05) is 4.90 Å². The van der Waals surface area contributed by atoms with Gasteiger partial charge in [0.2, 0.25) is 0 Å². The molecule has 0 N–H and O–H groups in total. The molecule has 1 aliphatic heterocycles. The van der Waals surface area contributed by atoms with E-state index in [0.29, 0.717) is 11.5 Å². The Balaban J connectivity index is 1.67. The number of aromatic nitrogens is 1. The fourth-order valence-corrected chi connectivity index (χ4v) is 4.59. The second-order valence-electron chi connectivity index (χ2n) is 7.28. The molecule has 0 unspecified atom stereocenters. The third-order valence-electron chi connectivity index (χ3n) is 4.53. The Hall–Kier alpha value is -1.85. The van der Waals surface area contributed by atoms with Gasteiger partial charge < -0.3 is 4.74 Å². The van der Waals surface area contributed by atoms with Gasteiger partial charge in [-0.1, -0.05) is 42.9 Å². The van der Waals surface area contributed by atoms with Gasteiger partial charge in [0, 0.05) is 23.2 Å². The number of rotatable bonds is 2. The second kappa shape index (κ2) is 6.15. The maximum Gasteiger partial charge on any atom is 0.194 e. The molecule has 0 saturated carbocycles. The highest BCUT2D eigenvalue weighted by atomic mass is 35.5. The van der Waals surface area contributed by atoms with Gasteiger partial charge >= 0.3 is 0 Å². The molecule has 4 nitrogen and oxygen atoms in total. The summed E-state index contributed by atoms with van der Waals surface area (Å²) in [4.78, 5) is 19.8. The molecule has 4 rings (SSSR count). The van der Waals surface area contributed by atoms with Gasteiger partial charge in [0.05, 0.1) is 16.8 Å². The lowest BCUT2D eigenvalue weighted by atomic mass is 9.78. The molecule has 0 saturated heterocycles. The van der Waals surface area contributed by atoms with Gasteiger partial charge in [0.25, 0.3) is 0 Å². The first-order valence-corrected chi connectivity index (χ1v) is 9.54. The first-order chi connectivity index (χ1) is 11.9. The number of carbonyl (C=O) groups excluding carboxylic acids is 1. The van der Waals surface area contributed by atoms with E-state index in [1.165, 1.54) is 11.3 Å². The van der Waals surface area contributed by atoms with Crippen LogP contribution in [0.15, 0.2) is 47.2 Å². The first kappa shape index (κ1) is 16.6. The Morgan fingerprint density at radius 1 is 1.36 bits per heavy atom. The summed E-state index contributed by atoms with van der Waals surface area (Å²) in [5, 5.41) is 1.50. The molecule has 0 aromatic carbocycles. The minimum absolute atomic E-state index is 0.0238. The lowest BCUT2D eigenvalue weighted by molar-refractivity contribution is 0.0916. The van der Waals surface area contributed by atoms with Crippen LogP contribution in [0, 0.1) is 5.41 Å². The van der Waals surface area contributed by atoms with Gasteiger partial charge in [0.15, 0.2) is 10.9 Å². The van der Waals surface area contributed by atoms with Crippen LogP contribution in [0.2, 0.25) is 0 Å². The number of nitrogens with zero attached hydrogens (tertiary/aromatic N) is 2. The van der Waals surface area contributed by atoms with Crippen molar-refractivity contribution >= 4 is 33.9 Å². The van der Waals surface area contributed by atoms with E-state index in [-0.39, 0.29) is 11.2 Å². The minimum atomic E-state index is -0.0238. The molecular weight excluding hydrogens is 356 g/mol. The highest BCUT2D eigenvalue weighted by molar-refractivity contribution is 7.17. The van der Waals surface area contributed by atoms with Gasteiger partial charge in [-0.05, 0) is 30.8 Å². The number of Topliss-reactive ketones (excluding diaryl/α,β-unsaturated/α-hetero) is 1. The Morgan fingerprint density at radius 2 is 2.20 bits per heavy atom. The largest absolute Gasteiger partial charge is 0.462 e. The number of anilines is 1. The van der Waals surface area contributed by atoms with Crippen LogP contribution in [-0.4, -0.2) is 10.8 Å². The van der Waals surface area contributed by atoms with Gasteiger partial charge in [-0.25, -0.2) is 4.98 Å². The second-order valence-corrected chi connectivity index (χ2v) is 8.67. The van der Waals surface area contributed by atoms with Crippen molar-refractivity contribution in [2.45, 2.75) is 39.5 Å². The zero-order valence-corrected chi connectivity index (χ0v) is 15.8. The molecule has 0 atom stereocenters. The van der Waals surface area contributed by atoms with Crippen LogP contribution >= 0.6 is 22.9 Å². The summed E-state index contributed by atoms with van der Waals surface area (Å²) in [5.41, 5.74) is 1.88. The van der Waals surface area contributed by atoms with E-state index in [4.69, 9.17) is 21.3 Å². The molecule has 3 aliphatic rings. The number of ketones is 1. The lowest BCUT2D eigenvalue weighted by Crippen LogP contribution is -2.26. The number of carbonyl (C=O) groups is 1. The molecule has 0 fully saturated rings. The van der Waals surface area contributed by atoms with E-state index in [0.717, 1.165) is 46.3 Å². The van der Waals surface area contributed by atoms with E-state index in [2.05, 4.69) is 19.9 Å². The molecule has 130 valence electrons. The van der Waals surface area contributed by atoms with Gasteiger partial charge in [-0.2, -0.15) is 0 Å². The number of hydrogen-bond acceptors (Lipinski definition) is 5. The first-order valence-electron chi connectivity index (χ1n) is 8.35. The van der Waals surface area contributed by atoms with E-state index < -0.39 is 0 Å². The van der Waals surface area contributed by atoms with Crippen molar-refractivity contribution in [1.82, 2.24) is 4.98 Å². The lowest BCUT2D eigenvalue weighted by Gasteiger charge is -2.26. The van der Waals surface area contributed by atoms with E-state index in [1.807, 2.05) is 23.4 Å². The Bertz CT molecular complexity index is 861. The van der Waals surface area contributed by atoms with Crippen LogP contribution in [0.4, 0.5) is 5.13 Å². The smallest absolute Gasteiger partial charge is 0.194 e. The topological polar surface area (TPSA) is 42.4 Å². The molecule has 0 amide bonds. The Labute approximate surface area is 156 Å². The van der Waals surface area contributed by atoms with Crippen LogP contribution in [-0.2, 0) is 11.2 Å². The van der Waals surface area contributed by atoms with E-state index in [1.54, 1.807) is 6.26 Å². The van der Waals surface area contributed by atoms with Crippen molar-refractivity contribution in [3.8, 4) is 0 Å². The fourth-order valence-electron chi connectivity index (χ4n) is 3.33. The summed E-state index contributed by atoms with van der Waals surface area (Å²) in [7, 11) is 0. The highest BCUT2D eigenvalue weighted by Gasteiger charge is 2.34. The summed E-state index contributed by atoms with van der Waals surface area (Å²) in [6, 6.07) is 0. The average molecular weight is 375 g/mol. The zero-order chi connectivity index (χ0) is 17.6. The highest BCUT2D eigenvalue weighted by Crippen LogP contribution is 2.40. The predicted octanol–water partition coefficient (Wildman–Crippen LogP) is 5.29. The summed E-state index contributed by atoms with van der Waals surface area (Å²) < 4.78 is 5.67. The zero-order valence-electron chi connectivity index (χ0n) is 14.2. The van der Waals surface area contributed by atoms with Gasteiger partial charge in [-0.3, -0.25) is 9.69 Å². The molecular formula is C19H19ClN2O2S. The molecule has 1 aromatic heterocycles. The van der Waals surface area contributed by atoms with Crippen LogP contribution < -0.4 is 4.90 Å². The average Bonchev–Trinajstić information content (AvgIpc) is 2.98. The maximum atomic E-state index is 12.4. The number of ether oxygens (including phenoxy) is 1. The number of thiazole rings is 1. The number of hydrogen-bond donors (Lipinski definition) is 0. The van der Waals surface area contributed by atoms with Crippen molar-refractivity contribution in [3.63, 3.8) is 0 Å². The van der Waals surface area contributed by atoms with Crippen molar-refractivity contribution < 1.29 is 9.53 Å². The molecule has 0 radical (unpaired) electrons. The Morgan fingerprint density at radius 3 is 3.00 bits per heavy atom. The van der Waals surface area contributed by atoms with Crippen LogP contribution in [0.1, 0.15) is 48.5 Å². The molecule has 0 bridgehead atoms. The summed E-state index contributed by atoms with van der Waals surface area (Å²) in [6.07, 6.45) is 12.5. The normalized spacial score (nSPS) is 22.0. The third kappa shape index (κ3) is 3.18. The predicted molar refractivity (Wildman–Crippen MR) is 101 cm³/mol. The van der Waals surface area contributed by atoms with Gasteiger partial charge in [-0.15, -0.1) is 0 Å². The molecule has 1 aromatic rings. The molecule has 2 aliphatic carbocycles. The van der Waals surface area contributed by atoms with E-state index >= 15 is 0 Å². The summed E-state index contributed by atoms with van der Waals surface area (Å²) in [6.45, 7) is 4.23. The van der Waals surface area contributed by atoms with Crippen LogP contribution in [0.3, 0.4) is 0 Å². The monoisotopic (exact) mass is 374 g/mol. The SMILES string of the molecule is CC1(C)CC(=O)c2sc(N3C=COC(C4=C(Cl)C=CCC4)=C3)nc2C1. The van der Waals surface area contributed by atoms with Crippen LogP contribution in [0.25, 0.3) is 0 Å². The van der Waals surface area contributed by atoms with Crippen molar-refractivity contribution in [1.29, 1.82) is 0 Å². The molecule has 25 heavy (non-hydrogen) atoms. The minimum Gasteiger partial charge on any atom is -0.462 e. The number of halogens is 1. The van der Waals surface area contributed by atoms with Crippen molar-refractivity contribution in [3.05, 3.63) is 57.7 Å². The van der Waals surface area contributed by atoms with Crippen LogP contribution in [0.5, 0.6) is 0 Å².